The first-order chi connectivity index (χ1) is 5.07. The lowest BCUT2D eigenvalue weighted by Gasteiger charge is -1.97. The number of halogens is 1. The minimum Gasteiger partial charge on any atom is -0.478 e. The minimum absolute atomic E-state index is 0.260. The van der Waals surface area contributed by atoms with E-state index >= 15 is 0 Å². The summed E-state index contributed by atoms with van der Waals surface area (Å²) in [6.45, 7) is 5.30. The highest BCUT2D eigenvalue weighted by molar-refractivity contribution is 6.31. The predicted molar refractivity (Wildman–Crippen MR) is 45.6 cm³/mol. The van der Waals surface area contributed by atoms with Crippen LogP contribution in [0.1, 0.15) is 19.8 Å². The summed E-state index contributed by atoms with van der Waals surface area (Å²) in [4.78, 5) is 10.5. The van der Waals surface area contributed by atoms with Crippen LogP contribution in [-0.2, 0) is 4.79 Å². The van der Waals surface area contributed by atoms with Crippen molar-refractivity contribution >= 4 is 17.6 Å². The summed E-state index contributed by atoms with van der Waals surface area (Å²) in [6, 6.07) is 0. The third-order valence-electron chi connectivity index (χ3n) is 1.12. The van der Waals surface area contributed by atoms with Crippen LogP contribution in [0.25, 0.3) is 0 Å². The fourth-order valence-electron chi connectivity index (χ4n) is 0.699. The van der Waals surface area contributed by atoms with Gasteiger partial charge >= 0.3 is 5.97 Å². The van der Waals surface area contributed by atoms with Crippen LogP contribution in [0, 0.1) is 0 Å². The van der Waals surface area contributed by atoms with Gasteiger partial charge in [0.05, 0.1) is 0 Å². The number of allylic oxidation sites excluding steroid dienone is 2. The van der Waals surface area contributed by atoms with Crippen molar-refractivity contribution < 1.29 is 9.90 Å². The molecule has 1 N–H and O–H groups in total. The standard InChI is InChI=1S/C8H11ClO2/c1-3-4-7(8(10)11)5-6(2)9/h5H,2-4H2,1H3,(H,10,11). The van der Waals surface area contributed by atoms with E-state index in [1.807, 2.05) is 6.92 Å². The fourth-order valence-corrected chi connectivity index (χ4v) is 0.831. The summed E-state index contributed by atoms with van der Waals surface area (Å²) in [5.41, 5.74) is 0.313. The molecule has 0 spiro atoms. The average Bonchev–Trinajstić information content (AvgIpc) is 1.86. The van der Waals surface area contributed by atoms with Gasteiger partial charge in [-0.05, 0) is 12.5 Å². The van der Waals surface area contributed by atoms with Gasteiger partial charge in [0.15, 0.2) is 0 Å². The molecule has 0 aromatic heterocycles. The van der Waals surface area contributed by atoms with E-state index < -0.39 is 5.97 Å². The highest BCUT2D eigenvalue weighted by atomic mass is 35.5. The predicted octanol–water partition coefficient (Wildman–Crippen LogP) is 2.55. The maximum absolute atomic E-state index is 10.5. The molecule has 0 amide bonds. The molecule has 0 saturated heterocycles. The van der Waals surface area contributed by atoms with Crippen molar-refractivity contribution in [2.75, 3.05) is 0 Å². The van der Waals surface area contributed by atoms with Crippen molar-refractivity contribution in [2.24, 2.45) is 0 Å². The summed E-state index contributed by atoms with van der Waals surface area (Å²) >= 11 is 5.42. The Morgan fingerprint density at radius 2 is 2.27 bits per heavy atom. The second-order valence-electron chi connectivity index (χ2n) is 2.17. The summed E-state index contributed by atoms with van der Waals surface area (Å²) in [7, 11) is 0. The number of aliphatic carboxylic acids is 1. The van der Waals surface area contributed by atoms with Gasteiger partial charge in [-0.3, -0.25) is 0 Å². The third kappa shape index (κ3) is 4.62. The molecule has 0 aromatic rings. The molecule has 2 nitrogen and oxygen atoms in total. The molecule has 0 saturated carbocycles. The van der Waals surface area contributed by atoms with Crippen molar-refractivity contribution in [3.05, 3.63) is 23.3 Å². The van der Waals surface area contributed by atoms with Gasteiger partial charge in [-0.2, -0.15) is 0 Å². The molecule has 0 aliphatic heterocycles. The second-order valence-corrected chi connectivity index (χ2v) is 2.66. The van der Waals surface area contributed by atoms with Gasteiger partial charge in [-0.1, -0.05) is 31.5 Å². The van der Waals surface area contributed by atoms with Crippen LogP contribution in [0.4, 0.5) is 0 Å². The Bertz CT molecular complexity index is 194. The Morgan fingerprint density at radius 1 is 1.73 bits per heavy atom. The number of carbonyl (C=O) groups is 1. The van der Waals surface area contributed by atoms with Gasteiger partial charge in [0.1, 0.15) is 0 Å². The largest absolute Gasteiger partial charge is 0.478 e. The molecule has 0 unspecified atom stereocenters. The van der Waals surface area contributed by atoms with Crippen LogP contribution in [-0.4, -0.2) is 11.1 Å². The van der Waals surface area contributed by atoms with Gasteiger partial charge in [-0.15, -0.1) is 0 Å². The quantitative estimate of drug-likeness (QED) is 0.526. The minimum atomic E-state index is -0.923. The van der Waals surface area contributed by atoms with Crippen LogP contribution in [0.5, 0.6) is 0 Å². The Hall–Kier alpha value is -0.760. The lowest BCUT2D eigenvalue weighted by molar-refractivity contribution is -0.132. The molecule has 0 rings (SSSR count). The number of hydrogen-bond donors (Lipinski definition) is 1. The Labute approximate surface area is 71.2 Å². The van der Waals surface area contributed by atoms with Gasteiger partial charge in [-0.25, -0.2) is 4.79 Å². The van der Waals surface area contributed by atoms with Crippen molar-refractivity contribution in [1.29, 1.82) is 0 Å². The first-order valence-electron chi connectivity index (χ1n) is 3.36. The molecule has 0 heterocycles. The number of carboxylic acid groups (broad SMARTS) is 1. The molecule has 11 heavy (non-hydrogen) atoms. The van der Waals surface area contributed by atoms with Crippen LogP contribution in [0.3, 0.4) is 0 Å². The summed E-state index contributed by atoms with van der Waals surface area (Å²) in [5, 5.41) is 8.85. The molecule has 0 aliphatic rings. The molecular formula is C8H11ClO2. The smallest absolute Gasteiger partial charge is 0.331 e. The fraction of sp³-hybridized carbons (Fsp3) is 0.375. The molecule has 0 aliphatic carbocycles. The van der Waals surface area contributed by atoms with Crippen LogP contribution in [0.15, 0.2) is 23.3 Å². The van der Waals surface area contributed by atoms with Crippen molar-refractivity contribution in [3.8, 4) is 0 Å². The molecule has 0 atom stereocenters. The molecular weight excluding hydrogens is 164 g/mol. The topological polar surface area (TPSA) is 37.3 Å². The number of hydrogen-bond acceptors (Lipinski definition) is 1. The van der Waals surface area contributed by atoms with Gasteiger partial charge in [0, 0.05) is 10.6 Å². The lowest BCUT2D eigenvalue weighted by atomic mass is 10.1. The SMILES string of the molecule is C=C(Cl)C=C(CCC)C(=O)O. The summed E-state index contributed by atoms with van der Waals surface area (Å²) in [5.74, 6) is -0.923. The van der Waals surface area contributed by atoms with E-state index in [0.29, 0.717) is 12.0 Å². The molecule has 0 aromatic carbocycles. The molecule has 3 heteroatoms. The van der Waals surface area contributed by atoms with Gasteiger partial charge in [0.25, 0.3) is 0 Å². The highest BCUT2D eigenvalue weighted by Gasteiger charge is 2.04. The zero-order valence-corrected chi connectivity index (χ0v) is 7.19. The normalized spacial score (nSPS) is 11.3. The van der Waals surface area contributed by atoms with Crippen molar-refractivity contribution in [2.45, 2.75) is 19.8 Å². The highest BCUT2D eigenvalue weighted by Crippen LogP contribution is 2.10. The number of rotatable bonds is 4. The molecule has 0 fully saturated rings. The van der Waals surface area contributed by atoms with E-state index in [1.54, 1.807) is 0 Å². The maximum Gasteiger partial charge on any atom is 0.331 e. The van der Waals surface area contributed by atoms with E-state index in [-0.39, 0.29) is 5.03 Å². The molecule has 0 bridgehead atoms. The lowest BCUT2D eigenvalue weighted by Crippen LogP contribution is -1.99. The summed E-state index contributed by atoms with van der Waals surface area (Å²) < 4.78 is 0. The first kappa shape index (κ1) is 10.2. The van der Waals surface area contributed by atoms with E-state index in [0.717, 1.165) is 6.42 Å². The van der Waals surface area contributed by atoms with E-state index in [4.69, 9.17) is 16.7 Å². The zero-order chi connectivity index (χ0) is 8.85. The number of carboxylic acids is 1. The van der Waals surface area contributed by atoms with Gasteiger partial charge < -0.3 is 5.11 Å². The monoisotopic (exact) mass is 174 g/mol. The summed E-state index contributed by atoms with van der Waals surface area (Å²) in [6.07, 6.45) is 2.71. The molecule has 62 valence electrons. The first-order valence-corrected chi connectivity index (χ1v) is 3.74. The Morgan fingerprint density at radius 3 is 2.55 bits per heavy atom. The Kier molecular flexibility index (Phi) is 4.62. The third-order valence-corrected chi connectivity index (χ3v) is 1.23. The van der Waals surface area contributed by atoms with Crippen molar-refractivity contribution in [3.63, 3.8) is 0 Å². The second kappa shape index (κ2) is 4.97. The van der Waals surface area contributed by atoms with Crippen LogP contribution >= 0.6 is 11.6 Å². The van der Waals surface area contributed by atoms with Crippen LogP contribution in [0.2, 0.25) is 0 Å². The zero-order valence-electron chi connectivity index (χ0n) is 6.43. The Balaban J connectivity index is 4.32. The van der Waals surface area contributed by atoms with Crippen LogP contribution < -0.4 is 0 Å². The average molecular weight is 175 g/mol. The van der Waals surface area contributed by atoms with E-state index in [2.05, 4.69) is 6.58 Å². The van der Waals surface area contributed by atoms with E-state index in [1.165, 1.54) is 6.08 Å². The van der Waals surface area contributed by atoms with Crippen molar-refractivity contribution in [1.82, 2.24) is 0 Å². The van der Waals surface area contributed by atoms with E-state index in [9.17, 15) is 4.79 Å². The maximum atomic E-state index is 10.5. The molecule has 0 radical (unpaired) electrons. The van der Waals surface area contributed by atoms with Gasteiger partial charge in [0.2, 0.25) is 0 Å².